The molecule has 144 valence electrons. The van der Waals surface area contributed by atoms with Gasteiger partial charge in [0, 0.05) is 18.5 Å². The first-order valence-electron chi connectivity index (χ1n) is 8.43. The van der Waals surface area contributed by atoms with Gasteiger partial charge in [0.15, 0.2) is 0 Å². The van der Waals surface area contributed by atoms with Gasteiger partial charge in [-0.05, 0) is 50.5 Å². The fourth-order valence-electron chi connectivity index (χ4n) is 2.93. The van der Waals surface area contributed by atoms with Crippen molar-refractivity contribution in [1.29, 1.82) is 0 Å². The zero-order valence-corrected chi connectivity index (χ0v) is 15.9. The van der Waals surface area contributed by atoms with E-state index in [0.29, 0.717) is 12.1 Å². The first kappa shape index (κ1) is 19.1. The Morgan fingerprint density at radius 1 is 1.26 bits per heavy atom. The van der Waals surface area contributed by atoms with Crippen molar-refractivity contribution in [3.05, 3.63) is 54.0 Å². The van der Waals surface area contributed by atoms with E-state index in [1.165, 1.54) is 24.3 Å². The van der Waals surface area contributed by atoms with Gasteiger partial charge in [0.2, 0.25) is 15.9 Å². The van der Waals surface area contributed by atoms with E-state index in [0.717, 1.165) is 10.1 Å². The molecule has 1 aromatic carbocycles. The van der Waals surface area contributed by atoms with Crippen molar-refractivity contribution in [3.63, 3.8) is 0 Å². The third-order valence-electron chi connectivity index (χ3n) is 4.39. The molecular weight excluding hydrogens is 370 g/mol. The molecule has 2 aromatic rings. The summed E-state index contributed by atoms with van der Waals surface area (Å²) in [6.07, 6.45) is 1.56. The summed E-state index contributed by atoms with van der Waals surface area (Å²) in [5.74, 6) is -0.198. The molecule has 3 rings (SSSR count). The van der Waals surface area contributed by atoms with Gasteiger partial charge >= 0.3 is 0 Å². The van der Waals surface area contributed by atoms with E-state index in [9.17, 15) is 18.0 Å². The molecule has 1 unspecified atom stereocenters. The van der Waals surface area contributed by atoms with E-state index in [1.54, 1.807) is 12.3 Å². The molecule has 1 N–H and O–H groups in total. The fraction of sp³-hybridized carbons (Fsp3) is 0.333. The van der Waals surface area contributed by atoms with Crippen molar-refractivity contribution in [3.8, 4) is 0 Å². The van der Waals surface area contributed by atoms with E-state index in [2.05, 4.69) is 5.32 Å². The minimum absolute atomic E-state index is 0.0245. The maximum atomic E-state index is 12.4. The van der Waals surface area contributed by atoms with Crippen molar-refractivity contribution in [1.82, 2.24) is 10.2 Å². The van der Waals surface area contributed by atoms with Crippen LogP contribution in [0.4, 0.5) is 5.69 Å². The van der Waals surface area contributed by atoms with Crippen LogP contribution in [0.15, 0.2) is 47.1 Å². The average molecular weight is 391 g/mol. The molecule has 1 aliphatic heterocycles. The van der Waals surface area contributed by atoms with Crippen LogP contribution in [-0.4, -0.2) is 51.5 Å². The number of likely N-dealkylation sites (N-methyl/N-ethyl adjacent to an activating group) is 1. The first-order chi connectivity index (χ1) is 12.8. The summed E-state index contributed by atoms with van der Waals surface area (Å²) in [6.45, 7) is 0.347. The number of nitrogens with zero attached hydrogens (tertiary/aromatic N) is 2. The summed E-state index contributed by atoms with van der Waals surface area (Å²) in [5, 5.41) is 2.84. The van der Waals surface area contributed by atoms with Crippen molar-refractivity contribution in [2.75, 3.05) is 30.7 Å². The standard InChI is InChI=1S/C18H21N3O5S/c1-20(2)15(16-4-3-10-26-16)12-19-18(23)13-5-7-14(8-6-13)21-17(22)9-11-27(21,24)25/h3-8,10,15H,9,11-12H2,1-2H3,(H,19,23). The normalized spacial score (nSPS) is 17.3. The number of anilines is 1. The number of hydrogen-bond acceptors (Lipinski definition) is 6. The predicted octanol–water partition coefficient (Wildman–Crippen LogP) is 1.38. The summed E-state index contributed by atoms with van der Waals surface area (Å²) >= 11 is 0. The van der Waals surface area contributed by atoms with E-state index >= 15 is 0 Å². The van der Waals surface area contributed by atoms with Gasteiger partial charge in [0.25, 0.3) is 5.91 Å². The lowest BCUT2D eigenvalue weighted by Crippen LogP contribution is -2.34. The summed E-state index contributed by atoms with van der Waals surface area (Å²) in [6, 6.07) is 9.46. The monoisotopic (exact) mass is 391 g/mol. The lowest BCUT2D eigenvalue weighted by atomic mass is 10.1. The van der Waals surface area contributed by atoms with Crippen LogP contribution < -0.4 is 9.62 Å². The molecule has 0 spiro atoms. The Morgan fingerprint density at radius 3 is 2.48 bits per heavy atom. The van der Waals surface area contributed by atoms with Gasteiger partial charge in [-0.15, -0.1) is 0 Å². The van der Waals surface area contributed by atoms with Crippen LogP contribution in [0.2, 0.25) is 0 Å². The van der Waals surface area contributed by atoms with Crippen LogP contribution in [0.3, 0.4) is 0 Å². The second-order valence-electron chi connectivity index (χ2n) is 6.48. The minimum Gasteiger partial charge on any atom is -0.468 e. The number of carbonyl (C=O) groups excluding carboxylic acids is 2. The highest BCUT2D eigenvalue weighted by Crippen LogP contribution is 2.25. The molecule has 1 atom stereocenters. The third kappa shape index (κ3) is 4.04. The number of furan rings is 1. The lowest BCUT2D eigenvalue weighted by Gasteiger charge is -2.22. The highest BCUT2D eigenvalue weighted by Gasteiger charge is 2.36. The highest BCUT2D eigenvalue weighted by molar-refractivity contribution is 7.94. The molecule has 1 aromatic heterocycles. The molecule has 0 aliphatic carbocycles. The maximum Gasteiger partial charge on any atom is 0.251 e. The summed E-state index contributed by atoms with van der Waals surface area (Å²) in [4.78, 5) is 26.2. The molecule has 27 heavy (non-hydrogen) atoms. The Morgan fingerprint density at radius 2 is 1.96 bits per heavy atom. The molecule has 0 saturated carbocycles. The van der Waals surface area contributed by atoms with Gasteiger partial charge in [-0.3, -0.25) is 14.5 Å². The number of hydrogen-bond donors (Lipinski definition) is 1. The summed E-state index contributed by atoms with van der Waals surface area (Å²) in [7, 11) is 0.170. The zero-order chi connectivity index (χ0) is 19.6. The molecule has 1 fully saturated rings. The first-order valence-corrected chi connectivity index (χ1v) is 10.0. The largest absolute Gasteiger partial charge is 0.468 e. The van der Waals surface area contributed by atoms with Crippen molar-refractivity contribution in [2.45, 2.75) is 12.5 Å². The Labute approximate surface area is 157 Å². The minimum atomic E-state index is -3.61. The SMILES string of the molecule is CN(C)C(CNC(=O)c1ccc(N2C(=O)CCS2(=O)=O)cc1)c1ccco1. The second-order valence-corrected chi connectivity index (χ2v) is 8.41. The van der Waals surface area contributed by atoms with Crippen LogP contribution in [0.5, 0.6) is 0 Å². The van der Waals surface area contributed by atoms with E-state index in [-0.39, 0.29) is 29.8 Å². The van der Waals surface area contributed by atoms with Crippen molar-refractivity contribution in [2.24, 2.45) is 0 Å². The number of sulfonamides is 1. The van der Waals surface area contributed by atoms with Crippen molar-refractivity contribution >= 4 is 27.5 Å². The van der Waals surface area contributed by atoms with Gasteiger partial charge in [-0.1, -0.05) is 0 Å². The number of benzene rings is 1. The van der Waals surface area contributed by atoms with Crippen LogP contribution in [0, 0.1) is 0 Å². The molecule has 2 heterocycles. The second kappa shape index (κ2) is 7.53. The van der Waals surface area contributed by atoms with Crippen LogP contribution in [0.25, 0.3) is 0 Å². The smallest absolute Gasteiger partial charge is 0.251 e. The maximum absolute atomic E-state index is 12.4. The van der Waals surface area contributed by atoms with Gasteiger partial charge in [-0.25, -0.2) is 12.7 Å². The van der Waals surface area contributed by atoms with Crippen LogP contribution in [0.1, 0.15) is 28.6 Å². The predicted molar refractivity (Wildman–Crippen MR) is 99.8 cm³/mol. The quantitative estimate of drug-likeness (QED) is 0.799. The number of amides is 2. The van der Waals surface area contributed by atoms with E-state index in [1.807, 2.05) is 25.1 Å². The Hall–Kier alpha value is -2.65. The zero-order valence-electron chi connectivity index (χ0n) is 15.1. The number of carbonyl (C=O) groups is 2. The van der Waals surface area contributed by atoms with Crippen LogP contribution in [-0.2, 0) is 14.8 Å². The van der Waals surface area contributed by atoms with Gasteiger partial charge in [0.05, 0.1) is 23.7 Å². The molecule has 0 bridgehead atoms. The molecule has 8 nitrogen and oxygen atoms in total. The Balaban J connectivity index is 1.68. The lowest BCUT2D eigenvalue weighted by molar-refractivity contribution is -0.116. The molecule has 9 heteroatoms. The average Bonchev–Trinajstić information content (AvgIpc) is 3.23. The van der Waals surface area contributed by atoms with Gasteiger partial charge in [0.1, 0.15) is 5.76 Å². The molecule has 0 radical (unpaired) electrons. The molecule has 1 saturated heterocycles. The summed E-state index contributed by atoms with van der Waals surface area (Å²) in [5.41, 5.74) is 0.621. The fourth-order valence-corrected chi connectivity index (χ4v) is 4.39. The Bertz CT molecular complexity index is 920. The van der Waals surface area contributed by atoms with Gasteiger partial charge < -0.3 is 9.73 Å². The molecule has 1 aliphatic rings. The van der Waals surface area contributed by atoms with Gasteiger partial charge in [-0.2, -0.15) is 0 Å². The molecule has 2 amide bonds. The number of nitrogens with one attached hydrogen (secondary N) is 1. The topological polar surface area (TPSA) is 99.9 Å². The number of rotatable bonds is 6. The van der Waals surface area contributed by atoms with E-state index in [4.69, 9.17) is 4.42 Å². The third-order valence-corrected chi connectivity index (χ3v) is 6.08. The van der Waals surface area contributed by atoms with Crippen LogP contribution >= 0.6 is 0 Å². The molecular formula is C18H21N3O5S. The van der Waals surface area contributed by atoms with E-state index < -0.39 is 15.9 Å². The highest BCUT2D eigenvalue weighted by atomic mass is 32.2. The van der Waals surface area contributed by atoms with Crippen molar-refractivity contribution < 1.29 is 22.4 Å². The summed E-state index contributed by atoms with van der Waals surface area (Å²) < 4.78 is 30.1. The Kier molecular flexibility index (Phi) is 5.33.